The van der Waals surface area contributed by atoms with Gasteiger partial charge in [0.25, 0.3) is 0 Å². The van der Waals surface area contributed by atoms with Crippen molar-refractivity contribution >= 4 is 34.2 Å². The van der Waals surface area contributed by atoms with Gasteiger partial charge in [-0.1, -0.05) is 11.6 Å². The minimum atomic E-state index is -1.01. The maximum atomic E-state index is 6.59. The average molecular weight is 498 g/mol. The van der Waals surface area contributed by atoms with E-state index < -0.39 is 5.79 Å². The van der Waals surface area contributed by atoms with E-state index in [0.717, 1.165) is 14.9 Å². The fourth-order valence-electron chi connectivity index (χ4n) is 2.99. The Kier molecular flexibility index (Phi) is 5.36. The van der Waals surface area contributed by atoms with Gasteiger partial charge >= 0.3 is 0 Å². The van der Waals surface area contributed by atoms with Gasteiger partial charge in [-0.25, -0.2) is 9.67 Å². The van der Waals surface area contributed by atoms with Crippen LogP contribution in [-0.4, -0.2) is 27.5 Å². The molecule has 0 radical (unpaired) electrons. The number of nitrogens with zero attached hydrogens (tertiary/aromatic N) is 3. The van der Waals surface area contributed by atoms with E-state index in [4.69, 9.17) is 25.8 Å². The van der Waals surface area contributed by atoms with Crippen molar-refractivity contribution in [2.75, 3.05) is 6.61 Å². The van der Waals surface area contributed by atoms with Crippen LogP contribution in [-0.2, 0) is 21.8 Å². The first kappa shape index (κ1) is 18.7. The molecule has 8 heteroatoms. The summed E-state index contributed by atoms with van der Waals surface area (Å²) in [6.45, 7) is 2.80. The Balaban J connectivity index is 1.62. The largest absolute Gasteiger partial charge is 0.457 e. The van der Waals surface area contributed by atoms with Gasteiger partial charge in [-0.3, -0.25) is 0 Å². The second kappa shape index (κ2) is 7.75. The van der Waals surface area contributed by atoms with E-state index in [0.29, 0.717) is 23.9 Å². The van der Waals surface area contributed by atoms with Gasteiger partial charge in [0.15, 0.2) is 0 Å². The van der Waals surface area contributed by atoms with Crippen LogP contribution in [0.1, 0.15) is 12.5 Å². The minimum Gasteiger partial charge on any atom is -0.457 e. The Bertz CT molecular complexity index is 920. The first-order valence-corrected chi connectivity index (χ1v) is 9.87. The first-order valence-electron chi connectivity index (χ1n) is 8.42. The maximum Gasteiger partial charge on any atom is 0.217 e. The van der Waals surface area contributed by atoms with Crippen molar-refractivity contribution in [3.8, 4) is 11.5 Å². The average Bonchev–Trinajstić information content (AvgIpc) is 3.28. The molecule has 0 N–H and O–H groups in total. The van der Waals surface area contributed by atoms with Crippen molar-refractivity contribution in [1.82, 2.24) is 14.8 Å². The predicted octanol–water partition coefficient (Wildman–Crippen LogP) is 4.62. The molecule has 1 aliphatic rings. The molecule has 0 amide bonds. The van der Waals surface area contributed by atoms with Gasteiger partial charge in [0, 0.05) is 9.13 Å². The topological polar surface area (TPSA) is 58.4 Å². The molecule has 27 heavy (non-hydrogen) atoms. The van der Waals surface area contributed by atoms with E-state index >= 15 is 0 Å². The van der Waals surface area contributed by atoms with Gasteiger partial charge in [-0.15, -0.1) is 0 Å². The van der Waals surface area contributed by atoms with E-state index in [9.17, 15) is 0 Å². The lowest BCUT2D eigenvalue weighted by Gasteiger charge is -2.29. The molecule has 2 heterocycles. The molecule has 0 saturated carbocycles. The number of halogens is 2. The zero-order chi connectivity index (χ0) is 18.9. The van der Waals surface area contributed by atoms with Crippen molar-refractivity contribution < 1.29 is 14.2 Å². The Labute approximate surface area is 175 Å². The van der Waals surface area contributed by atoms with Crippen LogP contribution in [0.4, 0.5) is 0 Å². The van der Waals surface area contributed by atoms with Gasteiger partial charge in [-0.05, 0) is 72.0 Å². The number of hydrogen-bond acceptors (Lipinski definition) is 5. The minimum absolute atomic E-state index is 0.0488. The number of hydrogen-bond donors (Lipinski definition) is 0. The van der Waals surface area contributed by atoms with Crippen molar-refractivity contribution in [2.24, 2.45) is 0 Å². The van der Waals surface area contributed by atoms with Crippen LogP contribution in [0.2, 0.25) is 5.02 Å². The van der Waals surface area contributed by atoms with Gasteiger partial charge in [0.1, 0.15) is 30.7 Å². The summed E-state index contributed by atoms with van der Waals surface area (Å²) in [7, 11) is 0. The Hall–Kier alpha value is -1.68. The Morgan fingerprint density at radius 1 is 1.26 bits per heavy atom. The molecule has 140 valence electrons. The molecule has 2 unspecified atom stereocenters. The third-order valence-electron chi connectivity index (χ3n) is 4.18. The molecule has 3 aromatic rings. The molecule has 0 spiro atoms. The highest BCUT2D eigenvalue weighted by Gasteiger charge is 2.44. The molecule has 0 bridgehead atoms. The smallest absolute Gasteiger partial charge is 0.217 e. The molecular formula is C19H17ClIN3O3. The van der Waals surface area contributed by atoms with Crippen molar-refractivity contribution in [1.29, 1.82) is 0 Å². The zero-order valence-corrected chi connectivity index (χ0v) is 17.4. The van der Waals surface area contributed by atoms with Crippen LogP contribution in [0, 0.1) is 3.57 Å². The summed E-state index contributed by atoms with van der Waals surface area (Å²) in [6.07, 6.45) is 3.05. The van der Waals surface area contributed by atoms with E-state index in [1.165, 1.54) is 6.33 Å². The van der Waals surface area contributed by atoms with Crippen LogP contribution < -0.4 is 4.74 Å². The number of rotatable bonds is 5. The first-order chi connectivity index (χ1) is 13.0. The number of ether oxygens (including phenoxy) is 3. The lowest BCUT2D eigenvalue weighted by Crippen LogP contribution is -2.34. The highest BCUT2D eigenvalue weighted by molar-refractivity contribution is 14.1. The summed E-state index contributed by atoms with van der Waals surface area (Å²) in [4.78, 5) is 3.98. The summed E-state index contributed by atoms with van der Waals surface area (Å²) in [5.41, 5.74) is 0.735. The predicted molar refractivity (Wildman–Crippen MR) is 109 cm³/mol. The van der Waals surface area contributed by atoms with E-state index in [-0.39, 0.29) is 6.10 Å². The second-order valence-electron chi connectivity index (χ2n) is 6.28. The van der Waals surface area contributed by atoms with E-state index in [1.807, 2.05) is 43.3 Å². The summed E-state index contributed by atoms with van der Waals surface area (Å²) in [5, 5.41) is 4.67. The van der Waals surface area contributed by atoms with Crippen molar-refractivity contribution in [3.63, 3.8) is 0 Å². The third kappa shape index (κ3) is 4.11. The van der Waals surface area contributed by atoms with Crippen molar-refractivity contribution in [3.05, 3.63) is 69.3 Å². The molecular weight excluding hydrogens is 481 g/mol. The van der Waals surface area contributed by atoms with Crippen LogP contribution in [0.25, 0.3) is 0 Å². The fourth-order valence-corrected chi connectivity index (χ4v) is 3.66. The normalized spacial score (nSPS) is 22.1. The third-order valence-corrected chi connectivity index (χ3v) is 5.21. The van der Waals surface area contributed by atoms with Crippen LogP contribution >= 0.6 is 34.2 Å². The number of aromatic nitrogens is 3. The monoisotopic (exact) mass is 497 g/mol. The van der Waals surface area contributed by atoms with Crippen LogP contribution in [0.15, 0.2) is 55.1 Å². The lowest BCUT2D eigenvalue weighted by molar-refractivity contribution is -0.186. The van der Waals surface area contributed by atoms with Gasteiger partial charge in [0.05, 0.1) is 17.7 Å². The molecule has 1 fully saturated rings. The molecule has 6 nitrogen and oxygen atoms in total. The quantitative estimate of drug-likeness (QED) is 0.482. The molecule has 2 atom stereocenters. The van der Waals surface area contributed by atoms with Gasteiger partial charge in [-0.2, -0.15) is 5.10 Å². The highest BCUT2D eigenvalue weighted by Crippen LogP contribution is 2.41. The number of benzene rings is 2. The second-order valence-corrected chi connectivity index (χ2v) is 7.94. The van der Waals surface area contributed by atoms with Gasteiger partial charge < -0.3 is 14.2 Å². The molecule has 0 aliphatic carbocycles. The standard InChI is InChI=1S/C19H17ClIN3O3/c1-13-9-25-19(27-13,10-24-12-22-11-23-24)17-7-6-16(8-18(17)20)26-15-4-2-14(21)3-5-15/h2-8,11-13H,9-10H2,1H3. The Morgan fingerprint density at radius 2 is 2.04 bits per heavy atom. The summed E-state index contributed by atoms with van der Waals surface area (Å²) >= 11 is 8.85. The summed E-state index contributed by atoms with van der Waals surface area (Å²) in [6, 6.07) is 13.3. The van der Waals surface area contributed by atoms with Crippen LogP contribution in [0.3, 0.4) is 0 Å². The van der Waals surface area contributed by atoms with Gasteiger partial charge in [0.2, 0.25) is 5.79 Å². The van der Waals surface area contributed by atoms with Crippen molar-refractivity contribution in [2.45, 2.75) is 25.4 Å². The molecule has 4 rings (SSSR count). The van der Waals surface area contributed by atoms with Crippen LogP contribution in [0.5, 0.6) is 11.5 Å². The Morgan fingerprint density at radius 3 is 2.67 bits per heavy atom. The summed E-state index contributed by atoms with van der Waals surface area (Å²) in [5.74, 6) is 0.386. The molecule has 1 saturated heterocycles. The lowest BCUT2D eigenvalue weighted by atomic mass is 10.1. The summed E-state index contributed by atoms with van der Waals surface area (Å²) < 4.78 is 20.9. The maximum absolute atomic E-state index is 6.59. The molecule has 1 aliphatic heterocycles. The zero-order valence-electron chi connectivity index (χ0n) is 14.5. The van der Waals surface area contributed by atoms with E-state index in [2.05, 4.69) is 32.7 Å². The fraction of sp³-hybridized carbons (Fsp3) is 0.263. The molecule has 2 aromatic carbocycles. The molecule has 1 aromatic heterocycles. The highest BCUT2D eigenvalue weighted by atomic mass is 127. The van der Waals surface area contributed by atoms with E-state index in [1.54, 1.807) is 17.1 Å². The SMILES string of the molecule is CC1COC(Cn2cncn2)(c2ccc(Oc3ccc(I)cc3)cc2Cl)O1.